The fraction of sp³-hybridized carbons (Fsp3) is 0.188. The highest BCUT2D eigenvalue weighted by Gasteiger charge is 2.11. The lowest BCUT2D eigenvalue weighted by atomic mass is 10.1. The molecule has 0 aliphatic heterocycles. The van der Waals surface area contributed by atoms with Gasteiger partial charge < -0.3 is 9.94 Å². The number of benzene rings is 2. The first-order valence-electron chi connectivity index (χ1n) is 6.53. The van der Waals surface area contributed by atoms with Crippen molar-refractivity contribution < 1.29 is 14.3 Å². The Hall–Kier alpha value is -1.88. The van der Waals surface area contributed by atoms with Gasteiger partial charge in [-0.25, -0.2) is 4.39 Å². The van der Waals surface area contributed by atoms with Crippen molar-refractivity contribution in [3.63, 3.8) is 0 Å². The van der Waals surface area contributed by atoms with Gasteiger partial charge in [0.2, 0.25) is 0 Å². The monoisotopic (exact) mass is 351 g/mol. The van der Waals surface area contributed by atoms with E-state index in [1.165, 1.54) is 6.07 Å². The van der Waals surface area contributed by atoms with Crippen molar-refractivity contribution in [2.75, 3.05) is 0 Å². The third-order valence-electron chi connectivity index (χ3n) is 3.07. The highest BCUT2D eigenvalue weighted by Crippen LogP contribution is 2.25. The van der Waals surface area contributed by atoms with Crippen LogP contribution in [0.15, 0.2) is 52.1 Å². The third kappa shape index (κ3) is 3.61. The van der Waals surface area contributed by atoms with E-state index >= 15 is 0 Å². The van der Waals surface area contributed by atoms with Crippen LogP contribution in [0.25, 0.3) is 0 Å². The number of hydrogen-bond donors (Lipinski definition) is 1. The van der Waals surface area contributed by atoms with Gasteiger partial charge in [0, 0.05) is 11.1 Å². The molecule has 5 heteroatoms. The van der Waals surface area contributed by atoms with Crippen LogP contribution in [0.4, 0.5) is 4.39 Å². The van der Waals surface area contributed by atoms with Gasteiger partial charge in [0.1, 0.15) is 18.2 Å². The van der Waals surface area contributed by atoms with Crippen LogP contribution >= 0.6 is 15.9 Å². The zero-order chi connectivity index (χ0) is 15.2. The Bertz CT molecular complexity index is 658. The van der Waals surface area contributed by atoms with Gasteiger partial charge in [-0.3, -0.25) is 0 Å². The summed E-state index contributed by atoms with van der Waals surface area (Å²) in [5.74, 6) is 0.277. The molecule has 0 aliphatic rings. The Kier molecular flexibility index (Phi) is 5.33. The Morgan fingerprint density at radius 1 is 1.24 bits per heavy atom. The topological polar surface area (TPSA) is 41.8 Å². The lowest BCUT2D eigenvalue weighted by Gasteiger charge is -2.12. The summed E-state index contributed by atoms with van der Waals surface area (Å²) >= 11 is 3.21. The van der Waals surface area contributed by atoms with E-state index in [0.29, 0.717) is 27.9 Å². The second-order valence-corrected chi connectivity index (χ2v) is 5.19. The van der Waals surface area contributed by atoms with E-state index in [2.05, 4.69) is 21.1 Å². The van der Waals surface area contributed by atoms with E-state index in [0.717, 1.165) is 5.56 Å². The molecule has 2 aromatic rings. The minimum atomic E-state index is -0.324. The predicted octanol–water partition coefficient (Wildman–Crippen LogP) is 4.76. The molecule has 0 radical (unpaired) electrons. The molecule has 2 aromatic carbocycles. The standard InChI is InChI=1S/C16H15BrFNO2/c1-2-14(19-20)12-7-3-4-9-15(12)21-10-11-6-5-8-13(18)16(11)17/h3-9,20H,2,10H2,1H3/b19-14-. The Labute approximate surface area is 131 Å². The van der Waals surface area contributed by atoms with E-state index in [-0.39, 0.29) is 12.4 Å². The molecule has 0 atom stereocenters. The molecule has 0 heterocycles. The molecular weight excluding hydrogens is 337 g/mol. The van der Waals surface area contributed by atoms with E-state index in [9.17, 15) is 4.39 Å². The molecule has 0 aromatic heterocycles. The molecule has 0 spiro atoms. The number of para-hydroxylation sites is 1. The lowest BCUT2D eigenvalue weighted by Crippen LogP contribution is -2.05. The molecule has 110 valence electrons. The van der Waals surface area contributed by atoms with Crippen molar-refractivity contribution in [3.05, 3.63) is 63.9 Å². The normalized spacial score (nSPS) is 11.5. The van der Waals surface area contributed by atoms with Crippen molar-refractivity contribution in [3.8, 4) is 5.75 Å². The van der Waals surface area contributed by atoms with Crippen LogP contribution in [0, 0.1) is 5.82 Å². The lowest BCUT2D eigenvalue weighted by molar-refractivity contribution is 0.301. The zero-order valence-electron chi connectivity index (χ0n) is 11.5. The van der Waals surface area contributed by atoms with Crippen LogP contribution in [-0.4, -0.2) is 10.9 Å². The van der Waals surface area contributed by atoms with E-state index < -0.39 is 0 Å². The maximum Gasteiger partial charge on any atom is 0.137 e. The number of rotatable bonds is 5. The number of oxime groups is 1. The van der Waals surface area contributed by atoms with Gasteiger partial charge in [0.05, 0.1) is 10.2 Å². The molecule has 0 saturated heterocycles. The van der Waals surface area contributed by atoms with E-state index in [1.54, 1.807) is 18.2 Å². The van der Waals surface area contributed by atoms with Crippen molar-refractivity contribution in [2.24, 2.45) is 5.16 Å². The molecule has 0 saturated carbocycles. The first-order chi connectivity index (χ1) is 10.2. The molecule has 3 nitrogen and oxygen atoms in total. The average Bonchev–Trinajstić information content (AvgIpc) is 2.51. The van der Waals surface area contributed by atoms with Crippen LogP contribution in [-0.2, 0) is 6.61 Å². The number of halogens is 2. The Balaban J connectivity index is 2.23. The van der Waals surface area contributed by atoms with Gasteiger partial charge >= 0.3 is 0 Å². The summed E-state index contributed by atoms with van der Waals surface area (Å²) in [7, 11) is 0. The van der Waals surface area contributed by atoms with Gasteiger partial charge in [-0.05, 0) is 40.5 Å². The Morgan fingerprint density at radius 3 is 2.71 bits per heavy atom. The summed E-state index contributed by atoms with van der Waals surface area (Å²) in [6.45, 7) is 2.12. The van der Waals surface area contributed by atoms with Crippen LogP contribution < -0.4 is 4.74 Å². The second kappa shape index (κ2) is 7.22. The van der Waals surface area contributed by atoms with E-state index in [4.69, 9.17) is 9.94 Å². The van der Waals surface area contributed by atoms with Crippen molar-refractivity contribution in [1.82, 2.24) is 0 Å². The maximum atomic E-state index is 13.5. The summed E-state index contributed by atoms with van der Waals surface area (Å²) in [5, 5.41) is 12.3. The molecule has 1 N–H and O–H groups in total. The Morgan fingerprint density at radius 2 is 2.00 bits per heavy atom. The third-order valence-corrected chi connectivity index (χ3v) is 3.96. The maximum absolute atomic E-state index is 13.5. The number of hydrogen-bond acceptors (Lipinski definition) is 3. The fourth-order valence-corrected chi connectivity index (χ4v) is 2.34. The van der Waals surface area contributed by atoms with Gasteiger partial charge in [0.25, 0.3) is 0 Å². The van der Waals surface area contributed by atoms with Crippen LogP contribution in [0.2, 0.25) is 0 Å². The van der Waals surface area contributed by atoms with Gasteiger partial charge in [-0.15, -0.1) is 0 Å². The second-order valence-electron chi connectivity index (χ2n) is 4.40. The smallest absolute Gasteiger partial charge is 0.137 e. The summed E-state index contributed by atoms with van der Waals surface area (Å²) < 4.78 is 19.6. The SMILES string of the molecule is CC/C(=N/O)c1ccccc1OCc1cccc(F)c1Br. The molecule has 0 fully saturated rings. The van der Waals surface area contributed by atoms with Gasteiger partial charge in [-0.2, -0.15) is 0 Å². The molecule has 0 aliphatic carbocycles. The molecule has 21 heavy (non-hydrogen) atoms. The first-order valence-corrected chi connectivity index (χ1v) is 7.32. The van der Waals surface area contributed by atoms with Crippen LogP contribution in [0.3, 0.4) is 0 Å². The van der Waals surface area contributed by atoms with Crippen molar-refractivity contribution >= 4 is 21.6 Å². The molecule has 0 bridgehead atoms. The zero-order valence-corrected chi connectivity index (χ0v) is 13.1. The molecule has 0 unspecified atom stereocenters. The van der Waals surface area contributed by atoms with E-state index in [1.807, 2.05) is 25.1 Å². The highest BCUT2D eigenvalue weighted by molar-refractivity contribution is 9.10. The largest absolute Gasteiger partial charge is 0.488 e. The summed E-state index contributed by atoms with van der Waals surface area (Å²) in [5.41, 5.74) is 1.99. The minimum absolute atomic E-state index is 0.220. The fourth-order valence-electron chi connectivity index (χ4n) is 1.96. The molecular formula is C16H15BrFNO2. The van der Waals surface area contributed by atoms with Crippen molar-refractivity contribution in [1.29, 1.82) is 0 Å². The van der Waals surface area contributed by atoms with Crippen molar-refractivity contribution in [2.45, 2.75) is 20.0 Å². The summed E-state index contributed by atoms with van der Waals surface area (Å²) in [6.07, 6.45) is 0.584. The van der Waals surface area contributed by atoms with Crippen LogP contribution in [0.1, 0.15) is 24.5 Å². The summed E-state index contributed by atoms with van der Waals surface area (Å²) in [6, 6.07) is 12.1. The molecule has 0 amide bonds. The predicted molar refractivity (Wildman–Crippen MR) is 83.5 cm³/mol. The number of ether oxygens (including phenoxy) is 1. The summed E-state index contributed by atoms with van der Waals surface area (Å²) in [4.78, 5) is 0. The van der Waals surface area contributed by atoms with Gasteiger partial charge in [0.15, 0.2) is 0 Å². The van der Waals surface area contributed by atoms with Crippen LogP contribution in [0.5, 0.6) is 5.75 Å². The number of nitrogens with zero attached hydrogens (tertiary/aromatic N) is 1. The quantitative estimate of drug-likeness (QED) is 0.479. The first kappa shape index (κ1) is 15.5. The van der Waals surface area contributed by atoms with Gasteiger partial charge in [-0.1, -0.05) is 36.3 Å². The minimum Gasteiger partial charge on any atom is -0.488 e. The molecule has 2 rings (SSSR count). The highest BCUT2D eigenvalue weighted by atomic mass is 79.9. The average molecular weight is 352 g/mol.